The van der Waals surface area contributed by atoms with E-state index in [1.54, 1.807) is 6.07 Å². The highest BCUT2D eigenvalue weighted by molar-refractivity contribution is 6.23. The Balaban J connectivity index is 2.37. The third kappa shape index (κ3) is 1.86. The Morgan fingerprint density at radius 2 is 1.75 bits per heavy atom. The minimum atomic E-state index is -0.358. The van der Waals surface area contributed by atoms with Gasteiger partial charge in [0.1, 0.15) is 11.6 Å². The maximum absolute atomic E-state index is 13.6. The molecule has 0 spiro atoms. The van der Waals surface area contributed by atoms with Crippen LogP contribution < -0.4 is 16.2 Å². The first-order valence-electron chi connectivity index (χ1n) is 7.42. The Kier molecular flexibility index (Phi) is 2.96. The van der Waals surface area contributed by atoms with Crippen LogP contribution in [0.5, 0.6) is 5.88 Å². The molecule has 0 saturated carbocycles. The van der Waals surface area contributed by atoms with Gasteiger partial charge in [0.05, 0.1) is 23.5 Å². The van der Waals surface area contributed by atoms with Crippen molar-refractivity contribution in [1.29, 1.82) is 0 Å². The zero-order valence-electron chi connectivity index (χ0n) is 13.2. The summed E-state index contributed by atoms with van der Waals surface area (Å²) in [7, 11) is 1.50. The summed E-state index contributed by atoms with van der Waals surface area (Å²) in [6.45, 7) is 1.90. The van der Waals surface area contributed by atoms with Gasteiger partial charge in [0, 0.05) is 27.9 Å². The molecule has 0 aliphatic rings. The van der Waals surface area contributed by atoms with Gasteiger partial charge in [-0.1, -0.05) is 6.07 Å². The lowest BCUT2D eigenvalue weighted by Crippen LogP contribution is -2.01. The lowest BCUT2D eigenvalue weighted by molar-refractivity contribution is 0.405. The number of nitrogen functional groups attached to an aromatic ring is 2. The molecule has 0 aliphatic heterocycles. The fraction of sp³-hybridized carbons (Fsp3) is 0.111. The van der Waals surface area contributed by atoms with Gasteiger partial charge >= 0.3 is 0 Å². The Labute approximate surface area is 137 Å². The quantitative estimate of drug-likeness (QED) is 0.413. The summed E-state index contributed by atoms with van der Waals surface area (Å²) in [6.07, 6.45) is 0. The number of pyridine rings is 2. The fourth-order valence-electron chi connectivity index (χ4n) is 3.12. The molecular weight excluding hydrogens is 307 g/mol. The molecule has 0 amide bonds. The van der Waals surface area contributed by atoms with E-state index in [4.69, 9.17) is 16.2 Å². The number of benzene rings is 2. The molecule has 4 N–H and O–H groups in total. The lowest BCUT2D eigenvalue weighted by Gasteiger charge is -2.14. The molecular formula is C18H15FN4O. The zero-order chi connectivity index (χ0) is 17.0. The summed E-state index contributed by atoms with van der Waals surface area (Å²) in [5.74, 6) is 0.273. The number of rotatable bonds is 1. The van der Waals surface area contributed by atoms with Gasteiger partial charge in [-0.3, -0.25) is 0 Å². The van der Waals surface area contributed by atoms with Crippen molar-refractivity contribution >= 4 is 44.1 Å². The van der Waals surface area contributed by atoms with Crippen molar-refractivity contribution in [2.45, 2.75) is 6.92 Å². The molecule has 6 heteroatoms. The fourth-order valence-corrected chi connectivity index (χ4v) is 3.12. The largest absolute Gasteiger partial charge is 0.480 e. The smallest absolute Gasteiger partial charge is 0.225 e. The second kappa shape index (κ2) is 4.92. The van der Waals surface area contributed by atoms with E-state index in [-0.39, 0.29) is 5.82 Å². The van der Waals surface area contributed by atoms with Gasteiger partial charge < -0.3 is 16.2 Å². The minimum Gasteiger partial charge on any atom is -0.480 e. The number of aromatic nitrogens is 2. The average molecular weight is 322 g/mol. The number of halogens is 1. The summed E-state index contributed by atoms with van der Waals surface area (Å²) < 4.78 is 19.0. The van der Waals surface area contributed by atoms with E-state index >= 15 is 0 Å². The lowest BCUT2D eigenvalue weighted by atomic mass is 9.99. The van der Waals surface area contributed by atoms with Crippen molar-refractivity contribution in [2.24, 2.45) is 0 Å². The van der Waals surface area contributed by atoms with E-state index in [2.05, 4.69) is 9.97 Å². The summed E-state index contributed by atoms with van der Waals surface area (Å²) in [5, 5.41) is 3.12. The molecule has 2 aromatic heterocycles. The standard InChI is InChI=1S/C18H15FN4O/c1-8-12(20)6-5-11-14-10-4-3-9(19)7-13(10)22-18(24-2)15(14)17(21)23-16(8)11/h3-7H,20H2,1-2H3,(H2,21,23). The van der Waals surface area contributed by atoms with Crippen LogP contribution in [-0.4, -0.2) is 17.1 Å². The third-order valence-electron chi connectivity index (χ3n) is 4.34. The molecule has 24 heavy (non-hydrogen) atoms. The second-order valence-electron chi connectivity index (χ2n) is 5.71. The van der Waals surface area contributed by atoms with Crippen molar-refractivity contribution in [1.82, 2.24) is 9.97 Å². The summed E-state index contributed by atoms with van der Waals surface area (Å²) >= 11 is 0. The SMILES string of the molecule is COc1nc2cc(F)ccc2c2c1c(N)nc1c(C)c(N)ccc12. The van der Waals surface area contributed by atoms with Crippen molar-refractivity contribution in [3.63, 3.8) is 0 Å². The van der Waals surface area contributed by atoms with E-state index in [0.29, 0.717) is 28.3 Å². The zero-order valence-corrected chi connectivity index (χ0v) is 13.2. The van der Waals surface area contributed by atoms with Crippen LogP contribution in [0.3, 0.4) is 0 Å². The van der Waals surface area contributed by atoms with Gasteiger partial charge in [-0.15, -0.1) is 0 Å². The minimum absolute atomic E-state index is 0.307. The molecule has 120 valence electrons. The monoisotopic (exact) mass is 322 g/mol. The van der Waals surface area contributed by atoms with E-state index in [9.17, 15) is 4.39 Å². The first kappa shape index (κ1) is 14.4. The number of hydrogen-bond acceptors (Lipinski definition) is 5. The number of nitrogens with two attached hydrogens (primary N) is 2. The molecule has 2 aromatic carbocycles. The molecule has 0 bridgehead atoms. The molecule has 0 aliphatic carbocycles. The van der Waals surface area contributed by atoms with Gasteiger partial charge in [0.15, 0.2) is 0 Å². The van der Waals surface area contributed by atoms with Gasteiger partial charge in [-0.25, -0.2) is 14.4 Å². The van der Waals surface area contributed by atoms with Crippen LogP contribution in [0.15, 0.2) is 30.3 Å². The second-order valence-corrected chi connectivity index (χ2v) is 5.71. The van der Waals surface area contributed by atoms with Gasteiger partial charge in [0.2, 0.25) is 5.88 Å². The molecule has 0 saturated heterocycles. The summed E-state index contributed by atoms with van der Waals surface area (Å²) in [5.41, 5.74) is 14.9. The molecule has 0 atom stereocenters. The normalized spacial score (nSPS) is 11.5. The summed E-state index contributed by atoms with van der Waals surface area (Å²) in [4.78, 5) is 8.88. The number of aryl methyl sites for hydroxylation is 1. The molecule has 0 unspecified atom stereocenters. The number of methoxy groups -OCH3 is 1. The average Bonchev–Trinajstić information content (AvgIpc) is 2.57. The van der Waals surface area contributed by atoms with Crippen LogP contribution in [0, 0.1) is 12.7 Å². The van der Waals surface area contributed by atoms with E-state index in [1.165, 1.54) is 19.2 Å². The highest BCUT2D eigenvalue weighted by atomic mass is 19.1. The predicted octanol–water partition coefficient (Wildman–Crippen LogP) is 3.56. The number of nitrogens with zero attached hydrogens (tertiary/aromatic N) is 2. The van der Waals surface area contributed by atoms with Crippen molar-refractivity contribution in [3.05, 3.63) is 41.7 Å². The summed E-state index contributed by atoms with van der Waals surface area (Å²) in [6, 6.07) is 8.21. The van der Waals surface area contributed by atoms with Crippen LogP contribution in [0.25, 0.3) is 32.6 Å². The van der Waals surface area contributed by atoms with E-state index in [1.807, 2.05) is 19.1 Å². The Morgan fingerprint density at radius 3 is 2.50 bits per heavy atom. The van der Waals surface area contributed by atoms with Crippen molar-refractivity contribution in [3.8, 4) is 5.88 Å². The molecule has 4 rings (SSSR count). The van der Waals surface area contributed by atoms with Gasteiger partial charge in [-0.2, -0.15) is 0 Å². The van der Waals surface area contributed by atoms with Gasteiger partial charge in [0.25, 0.3) is 0 Å². The van der Waals surface area contributed by atoms with Crippen molar-refractivity contribution in [2.75, 3.05) is 18.6 Å². The van der Waals surface area contributed by atoms with Gasteiger partial charge in [-0.05, 0) is 30.7 Å². The topological polar surface area (TPSA) is 87.0 Å². The highest BCUT2D eigenvalue weighted by Gasteiger charge is 2.18. The predicted molar refractivity (Wildman–Crippen MR) is 94.6 cm³/mol. The number of fused-ring (bicyclic) bond motifs is 5. The van der Waals surface area contributed by atoms with Crippen molar-refractivity contribution < 1.29 is 9.13 Å². The highest BCUT2D eigenvalue weighted by Crippen LogP contribution is 2.39. The maximum atomic E-state index is 13.6. The van der Waals surface area contributed by atoms with E-state index in [0.717, 1.165) is 27.2 Å². The molecule has 5 nitrogen and oxygen atoms in total. The number of ether oxygens (including phenoxy) is 1. The van der Waals surface area contributed by atoms with E-state index < -0.39 is 0 Å². The number of hydrogen-bond donors (Lipinski definition) is 2. The first-order valence-corrected chi connectivity index (χ1v) is 7.42. The first-order chi connectivity index (χ1) is 11.5. The van der Waals surface area contributed by atoms with Crippen LogP contribution in [0.4, 0.5) is 15.9 Å². The van der Waals surface area contributed by atoms with Crippen LogP contribution in [0.1, 0.15) is 5.56 Å². The van der Waals surface area contributed by atoms with Crippen LogP contribution >= 0.6 is 0 Å². The molecule has 4 aromatic rings. The van der Waals surface area contributed by atoms with Crippen LogP contribution in [-0.2, 0) is 0 Å². The molecule has 0 fully saturated rings. The molecule has 0 radical (unpaired) electrons. The Morgan fingerprint density at radius 1 is 1.00 bits per heavy atom. The maximum Gasteiger partial charge on any atom is 0.225 e. The Hall–Kier alpha value is -3.15. The Bertz CT molecular complexity index is 1140. The number of anilines is 2. The molecule has 2 heterocycles. The van der Waals surface area contributed by atoms with Crippen LogP contribution in [0.2, 0.25) is 0 Å². The third-order valence-corrected chi connectivity index (χ3v) is 4.34.